The molecule has 4 rings (SSSR count). The van der Waals surface area contributed by atoms with Crippen molar-refractivity contribution in [3.63, 3.8) is 0 Å². The van der Waals surface area contributed by atoms with Gasteiger partial charge in [0.25, 0.3) is 11.8 Å². The van der Waals surface area contributed by atoms with Gasteiger partial charge in [-0.15, -0.1) is 0 Å². The SMILES string of the molecule is CC(NC(=O)c1ccccc1NC(=O)c1cccc2ncccc12)c1ccccc1. The maximum absolute atomic E-state index is 13.0. The summed E-state index contributed by atoms with van der Waals surface area (Å²) >= 11 is 0. The second-order valence-electron chi connectivity index (χ2n) is 6.98. The predicted molar refractivity (Wildman–Crippen MR) is 118 cm³/mol. The third-order valence-corrected chi connectivity index (χ3v) is 4.96. The molecule has 148 valence electrons. The number of carbonyl (C=O) groups is 2. The molecule has 5 heteroatoms. The summed E-state index contributed by atoms with van der Waals surface area (Å²) in [5.41, 5.74) is 3.13. The van der Waals surface area contributed by atoms with Gasteiger partial charge in [-0.2, -0.15) is 0 Å². The number of para-hydroxylation sites is 1. The fourth-order valence-corrected chi connectivity index (χ4v) is 3.38. The molecule has 0 aliphatic rings. The van der Waals surface area contributed by atoms with E-state index in [1.165, 1.54) is 0 Å². The number of rotatable bonds is 5. The van der Waals surface area contributed by atoms with Crippen molar-refractivity contribution in [2.24, 2.45) is 0 Å². The highest BCUT2D eigenvalue weighted by Crippen LogP contribution is 2.21. The first-order chi connectivity index (χ1) is 14.6. The molecule has 0 saturated carbocycles. The molecule has 1 aromatic heterocycles. The lowest BCUT2D eigenvalue weighted by molar-refractivity contribution is 0.0941. The Balaban J connectivity index is 1.57. The number of carbonyl (C=O) groups excluding carboxylic acids is 2. The zero-order valence-electron chi connectivity index (χ0n) is 16.5. The van der Waals surface area contributed by atoms with Crippen LogP contribution in [0.1, 0.15) is 39.2 Å². The molecule has 2 N–H and O–H groups in total. The van der Waals surface area contributed by atoms with Crippen LogP contribution in [-0.4, -0.2) is 16.8 Å². The topological polar surface area (TPSA) is 71.1 Å². The molecule has 0 bridgehead atoms. The third-order valence-electron chi connectivity index (χ3n) is 4.96. The quantitative estimate of drug-likeness (QED) is 0.501. The average molecular weight is 395 g/mol. The van der Waals surface area contributed by atoms with Crippen LogP contribution in [0.4, 0.5) is 5.69 Å². The van der Waals surface area contributed by atoms with Crippen molar-refractivity contribution in [2.45, 2.75) is 13.0 Å². The van der Waals surface area contributed by atoms with Crippen LogP contribution < -0.4 is 10.6 Å². The van der Waals surface area contributed by atoms with Crippen LogP contribution >= 0.6 is 0 Å². The van der Waals surface area contributed by atoms with Gasteiger partial charge >= 0.3 is 0 Å². The van der Waals surface area contributed by atoms with E-state index in [-0.39, 0.29) is 17.9 Å². The van der Waals surface area contributed by atoms with E-state index >= 15 is 0 Å². The maximum atomic E-state index is 13.0. The van der Waals surface area contributed by atoms with Gasteiger partial charge in [0.2, 0.25) is 0 Å². The number of anilines is 1. The molecule has 0 saturated heterocycles. The number of fused-ring (bicyclic) bond motifs is 1. The zero-order valence-corrected chi connectivity index (χ0v) is 16.5. The number of hydrogen-bond donors (Lipinski definition) is 2. The van der Waals surface area contributed by atoms with E-state index in [0.29, 0.717) is 16.8 Å². The fraction of sp³-hybridized carbons (Fsp3) is 0.0800. The summed E-state index contributed by atoms with van der Waals surface area (Å²) in [5, 5.41) is 6.64. The van der Waals surface area contributed by atoms with Gasteiger partial charge in [0.15, 0.2) is 0 Å². The molecule has 1 heterocycles. The number of aromatic nitrogens is 1. The number of nitrogens with one attached hydrogen (secondary N) is 2. The minimum atomic E-state index is -0.287. The molecule has 1 atom stereocenters. The van der Waals surface area contributed by atoms with Crippen LogP contribution in [0.25, 0.3) is 10.9 Å². The van der Waals surface area contributed by atoms with Gasteiger partial charge in [0, 0.05) is 17.1 Å². The summed E-state index contributed by atoms with van der Waals surface area (Å²) in [4.78, 5) is 30.2. The lowest BCUT2D eigenvalue weighted by atomic mass is 10.1. The zero-order chi connectivity index (χ0) is 20.9. The average Bonchev–Trinajstić information content (AvgIpc) is 2.79. The number of hydrogen-bond acceptors (Lipinski definition) is 3. The van der Waals surface area contributed by atoms with E-state index in [9.17, 15) is 9.59 Å². The minimum Gasteiger partial charge on any atom is -0.345 e. The number of benzene rings is 3. The van der Waals surface area contributed by atoms with Crippen molar-refractivity contribution in [1.82, 2.24) is 10.3 Å². The molecule has 0 fully saturated rings. The Morgan fingerprint density at radius 2 is 1.50 bits per heavy atom. The molecule has 0 spiro atoms. The smallest absolute Gasteiger partial charge is 0.256 e. The Hall–Kier alpha value is -3.99. The lowest BCUT2D eigenvalue weighted by Gasteiger charge is -2.16. The molecule has 30 heavy (non-hydrogen) atoms. The van der Waals surface area contributed by atoms with E-state index in [0.717, 1.165) is 16.5 Å². The van der Waals surface area contributed by atoms with Crippen LogP contribution in [0.2, 0.25) is 0 Å². The summed E-state index contributed by atoms with van der Waals surface area (Å²) in [6, 6.07) is 25.6. The summed E-state index contributed by atoms with van der Waals surface area (Å²) in [5.74, 6) is -0.535. The van der Waals surface area contributed by atoms with Gasteiger partial charge in [-0.3, -0.25) is 14.6 Å². The highest BCUT2D eigenvalue weighted by molar-refractivity contribution is 6.14. The second kappa shape index (κ2) is 8.57. The number of nitrogens with zero attached hydrogens (tertiary/aromatic N) is 1. The van der Waals surface area contributed by atoms with Gasteiger partial charge < -0.3 is 10.6 Å². The first-order valence-electron chi connectivity index (χ1n) is 9.73. The van der Waals surface area contributed by atoms with Crippen molar-refractivity contribution in [3.05, 3.63) is 108 Å². The molecule has 0 radical (unpaired) electrons. The molecule has 0 aliphatic carbocycles. The molecular weight excluding hydrogens is 374 g/mol. The van der Waals surface area contributed by atoms with Gasteiger partial charge in [-0.25, -0.2) is 0 Å². The second-order valence-corrected chi connectivity index (χ2v) is 6.98. The largest absolute Gasteiger partial charge is 0.345 e. The van der Waals surface area contributed by atoms with Crippen molar-refractivity contribution in [1.29, 1.82) is 0 Å². The Morgan fingerprint density at radius 1 is 0.767 bits per heavy atom. The summed E-state index contributed by atoms with van der Waals surface area (Å²) in [7, 11) is 0. The van der Waals surface area contributed by atoms with Crippen LogP contribution in [0.3, 0.4) is 0 Å². The number of pyridine rings is 1. The van der Waals surface area contributed by atoms with Gasteiger partial charge in [0.05, 0.1) is 22.8 Å². The van der Waals surface area contributed by atoms with Crippen molar-refractivity contribution < 1.29 is 9.59 Å². The molecule has 0 aliphatic heterocycles. The van der Waals surface area contributed by atoms with E-state index in [1.54, 1.807) is 48.7 Å². The summed E-state index contributed by atoms with van der Waals surface area (Å²) in [6.45, 7) is 1.93. The number of amides is 2. The third kappa shape index (κ3) is 4.05. The Labute approximate surface area is 174 Å². The first kappa shape index (κ1) is 19.3. The lowest BCUT2D eigenvalue weighted by Crippen LogP contribution is -2.28. The minimum absolute atomic E-state index is 0.161. The van der Waals surface area contributed by atoms with E-state index < -0.39 is 0 Å². The van der Waals surface area contributed by atoms with Gasteiger partial charge in [-0.1, -0.05) is 54.6 Å². The van der Waals surface area contributed by atoms with Crippen LogP contribution in [0.15, 0.2) is 91.1 Å². The van der Waals surface area contributed by atoms with Gasteiger partial charge in [0.1, 0.15) is 0 Å². The van der Waals surface area contributed by atoms with E-state index in [4.69, 9.17) is 0 Å². The monoisotopic (exact) mass is 395 g/mol. The molecule has 5 nitrogen and oxygen atoms in total. The fourth-order valence-electron chi connectivity index (χ4n) is 3.38. The van der Waals surface area contributed by atoms with Crippen molar-refractivity contribution >= 4 is 28.4 Å². The molecule has 1 unspecified atom stereocenters. The highest BCUT2D eigenvalue weighted by atomic mass is 16.2. The Morgan fingerprint density at radius 3 is 2.33 bits per heavy atom. The van der Waals surface area contributed by atoms with E-state index in [1.807, 2.05) is 49.4 Å². The standard InChI is InChI=1S/C25H21N3O2/c1-17(18-9-3-2-4-10-18)27-25(30)21-11-5-6-14-23(21)28-24(29)20-12-7-15-22-19(20)13-8-16-26-22/h2-17H,1H3,(H,27,30)(H,28,29). The van der Waals surface area contributed by atoms with E-state index in [2.05, 4.69) is 15.6 Å². The summed E-state index contributed by atoms with van der Waals surface area (Å²) < 4.78 is 0. The summed E-state index contributed by atoms with van der Waals surface area (Å²) in [6.07, 6.45) is 1.69. The van der Waals surface area contributed by atoms with Crippen LogP contribution in [-0.2, 0) is 0 Å². The Kier molecular flexibility index (Phi) is 5.52. The van der Waals surface area contributed by atoms with Crippen molar-refractivity contribution in [2.75, 3.05) is 5.32 Å². The van der Waals surface area contributed by atoms with Crippen LogP contribution in [0, 0.1) is 0 Å². The predicted octanol–water partition coefficient (Wildman–Crippen LogP) is 4.98. The van der Waals surface area contributed by atoms with Crippen LogP contribution in [0.5, 0.6) is 0 Å². The molecular formula is C25H21N3O2. The Bertz CT molecular complexity index is 1200. The first-order valence-corrected chi connectivity index (χ1v) is 9.73. The van der Waals surface area contributed by atoms with Crippen molar-refractivity contribution in [3.8, 4) is 0 Å². The van der Waals surface area contributed by atoms with Gasteiger partial charge in [-0.05, 0) is 42.8 Å². The molecule has 3 aromatic carbocycles. The normalized spacial score (nSPS) is 11.6. The maximum Gasteiger partial charge on any atom is 0.256 e. The molecule has 2 amide bonds. The molecule has 4 aromatic rings. The highest BCUT2D eigenvalue weighted by Gasteiger charge is 2.17.